The van der Waals surface area contributed by atoms with Crippen molar-refractivity contribution in [2.75, 3.05) is 5.73 Å². The van der Waals surface area contributed by atoms with Gasteiger partial charge in [-0.05, 0) is 36.6 Å². The van der Waals surface area contributed by atoms with E-state index in [0.717, 1.165) is 17.7 Å². The van der Waals surface area contributed by atoms with Crippen LogP contribution in [0.4, 0.5) is 5.69 Å². The third-order valence-electron chi connectivity index (χ3n) is 2.90. The first-order valence-corrected chi connectivity index (χ1v) is 5.66. The number of benzene rings is 2. The van der Waals surface area contributed by atoms with E-state index < -0.39 is 0 Å². The van der Waals surface area contributed by atoms with Gasteiger partial charge in [0.15, 0.2) is 0 Å². The van der Waals surface area contributed by atoms with Crippen LogP contribution in [0.15, 0.2) is 42.5 Å². The maximum absolute atomic E-state index is 6.05. The van der Waals surface area contributed by atoms with E-state index >= 15 is 0 Å². The van der Waals surface area contributed by atoms with Crippen LogP contribution in [0.5, 0.6) is 0 Å². The van der Waals surface area contributed by atoms with Gasteiger partial charge in [-0.15, -0.1) is 0 Å². The van der Waals surface area contributed by atoms with Crippen molar-refractivity contribution in [1.82, 2.24) is 0 Å². The highest BCUT2D eigenvalue weighted by Gasteiger charge is 2.06. The van der Waals surface area contributed by atoms with Crippen molar-refractivity contribution >= 4 is 5.69 Å². The topological polar surface area (TPSA) is 26.0 Å². The molecule has 0 unspecified atom stereocenters. The summed E-state index contributed by atoms with van der Waals surface area (Å²) in [7, 11) is 0. The monoisotopic (exact) mass is 211 g/mol. The van der Waals surface area contributed by atoms with Gasteiger partial charge in [-0.25, -0.2) is 0 Å². The van der Waals surface area contributed by atoms with E-state index in [1.165, 1.54) is 16.7 Å². The van der Waals surface area contributed by atoms with Crippen LogP contribution in [-0.2, 0) is 6.42 Å². The molecule has 0 aliphatic rings. The Morgan fingerprint density at radius 2 is 1.75 bits per heavy atom. The molecule has 0 heterocycles. The maximum Gasteiger partial charge on any atom is 0.0394 e. The molecule has 2 aromatic carbocycles. The lowest BCUT2D eigenvalue weighted by Gasteiger charge is -2.11. The van der Waals surface area contributed by atoms with Gasteiger partial charge in [0.2, 0.25) is 0 Å². The zero-order valence-electron chi connectivity index (χ0n) is 9.83. The first-order chi connectivity index (χ1) is 7.72. The molecule has 0 fully saturated rings. The van der Waals surface area contributed by atoms with Crippen LogP contribution in [0.1, 0.15) is 18.1 Å². The molecule has 0 saturated carbocycles. The van der Waals surface area contributed by atoms with Gasteiger partial charge in [-0.1, -0.05) is 42.8 Å². The molecule has 0 spiro atoms. The minimum absolute atomic E-state index is 0.853. The third kappa shape index (κ3) is 1.94. The van der Waals surface area contributed by atoms with Crippen molar-refractivity contribution < 1.29 is 0 Å². The SMILES string of the molecule is CCc1ccccc1-c1cc(C)ccc1N. The fourth-order valence-electron chi connectivity index (χ4n) is 1.99. The molecule has 0 atom stereocenters. The first kappa shape index (κ1) is 10.7. The molecule has 16 heavy (non-hydrogen) atoms. The van der Waals surface area contributed by atoms with Gasteiger partial charge in [0.1, 0.15) is 0 Å². The quantitative estimate of drug-likeness (QED) is 0.751. The lowest BCUT2D eigenvalue weighted by atomic mass is 9.96. The van der Waals surface area contributed by atoms with E-state index in [1.807, 2.05) is 12.1 Å². The minimum atomic E-state index is 0.853. The Hall–Kier alpha value is -1.76. The van der Waals surface area contributed by atoms with Crippen LogP contribution in [0.3, 0.4) is 0 Å². The lowest BCUT2D eigenvalue weighted by Crippen LogP contribution is -1.93. The number of anilines is 1. The van der Waals surface area contributed by atoms with Gasteiger partial charge < -0.3 is 5.73 Å². The molecule has 0 bridgehead atoms. The summed E-state index contributed by atoms with van der Waals surface area (Å²) < 4.78 is 0. The lowest BCUT2D eigenvalue weighted by molar-refractivity contribution is 1.14. The summed E-state index contributed by atoms with van der Waals surface area (Å²) in [5.41, 5.74) is 11.9. The van der Waals surface area contributed by atoms with Crippen LogP contribution < -0.4 is 5.73 Å². The molecule has 0 radical (unpaired) electrons. The van der Waals surface area contributed by atoms with E-state index in [4.69, 9.17) is 5.73 Å². The maximum atomic E-state index is 6.05. The average Bonchev–Trinajstić information content (AvgIpc) is 2.32. The number of hydrogen-bond acceptors (Lipinski definition) is 1. The Labute approximate surface area is 96.9 Å². The zero-order chi connectivity index (χ0) is 11.5. The van der Waals surface area contributed by atoms with Crippen molar-refractivity contribution in [3.05, 3.63) is 53.6 Å². The summed E-state index contributed by atoms with van der Waals surface area (Å²) in [6.07, 6.45) is 1.03. The summed E-state index contributed by atoms with van der Waals surface area (Å²) in [4.78, 5) is 0. The van der Waals surface area contributed by atoms with E-state index in [9.17, 15) is 0 Å². The first-order valence-electron chi connectivity index (χ1n) is 5.66. The third-order valence-corrected chi connectivity index (χ3v) is 2.90. The summed E-state index contributed by atoms with van der Waals surface area (Å²) in [6, 6.07) is 14.6. The average molecular weight is 211 g/mol. The Morgan fingerprint density at radius 1 is 1.00 bits per heavy atom. The summed E-state index contributed by atoms with van der Waals surface area (Å²) in [5, 5.41) is 0. The predicted octanol–water partition coefficient (Wildman–Crippen LogP) is 3.81. The molecule has 2 N–H and O–H groups in total. The van der Waals surface area contributed by atoms with Crippen LogP contribution in [0, 0.1) is 6.92 Å². The highest BCUT2D eigenvalue weighted by Crippen LogP contribution is 2.29. The van der Waals surface area contributed by atoms with Crippen molar-refractivity contribution in [2.24, 2.45) is 0 Å². The van der Waals surface area contributed by atoms with Crippen molar-refractivity contribution in [3.63, 3.8) is 0 Å². The van der Waals surface area contributed by atoms with E-state index in [0.29, 0.717) is 0 Å². The Bertz CT molecular complexity index is 501. The van der Waals surface area contributed by atoms with Crippen molar-refractivity contribution in [2.45, 2.75) is 20.3 Å². The van der Waals surface area contributed by atoms with Crippen LogP contribution in [-0.4, -0.2) is 0 Å². The predicted molar refractivity (Wildman–Crippen MR) is 70.4 cm³/mol. The molecular formula is C15H17N. The highest BCUT2D eigenvalue weighted by atomic mass is 14.6. The smallest absolute Gasteiger partial charge is 0.0394 e. The molecule has 82 valence electrons. The molecule has 0 saturated heterocycles. The Morgan fingerprint density at radius 3 is 2.50 bits per heavy atom. The second-order valence-corrected chi connectivity index (χ2v) is 4.10. The largest absolute Gasteiger partial charge is 0.398 e. The van der Waals surface area contributed by atoms with E-state index in [2.05, 4.69) is 44.2 Å². The van der Waals surface area contributed by atoms with Gasteiger partial charge >= 0.3 is 0 Å². The van der Waals surface area contributed by atoms with Gasteiger partial charge in [-0.3, -0.25) is 0 Å². The zero-order valence-corrected chi connectivity index (χ0v) is 9.83. The highest BCUT2D eigenvalue weighted by molar-refractivity contribution is 5.79. The number of nitrogen functional groups attached to an aromatic ring is 1. The second kappa shape index (κ2) is 4.40. The molecule has 0 amide bonds. The number of aryl methyl sites for hydroxylation is 2. The van der Waals surface area contributed by atoms with E-state index in [-0.39, 0.29) is 0 Å². The Kier molecular flexibility index (Phi) is 2.95. The van der Waals surface area contributed by atoms with Gasteiger partial charge in [0.05, 0.1) is 0 Å². The second-order valence-electron chi connectivity index (χ2n) is 4.10. The minimum Gasteiger partial charge on any atom is -0.398 e. The normalized spacial score (nSPS) is 10.4. The van der Waals surface area contributed by atoms with Gasteiger partial charge in [0, 0.05) is 11.3 Å². The molecule has 2 rings (SSSR count). The number of nitrogens with two attached hydrogens (primary N) is 1. The van der Waals surface area contributed by atoms with Crippen LogP contribution in [0.25, 0.3) is 11.1 Å². The fraction of sp³-hybridized carbons (Fsp3) is 0.200. The summed E-state index contributed by atoms with van der Waals surface area (Å²) in [5.74, 6) is 0. The molecule has 1 heteroatoms. The van der Waals surface area contributed by atoms with Gasteiger partial charge in [-0.2, -0.15) is 0 Å². The Balaban J connectivity index is 2.62. The molecule has 0 aromatic heterocycles. The molecule has 1 nitrogen and oxygen atoms in total. The summed E-state index contributed by atoms with van der Waals surface area (Å²) >= 11 is 0. The van der Waals surface area contributed by atoms with Gasteiger partial charge in [0.25, 0.3) is 0 Å². The fourth-order valence-corrected chi connectivity index (χ4v) is 1.99. The molecule has 0 aliphatic heterocycles. The van der Waals surface area contributed by atoms with Crippen LogP contribution >= 0.6 is 0 Å². The van der Waals surface area contributed by atoms with E-state index in [1.54, 1.807) is 0 Å². The molecule has 2 aromatic rings. The standard InChI is InChI=1S/C15H17N/c1-3-12-6-4-5-7-13(12)14-10-11(2)8-9-15(14)16/h4-10H,3,16H2,1-2H3. The van der Waals surface area contributed by atoms with Crippen LogP contribution in [0.2, 0.25) is 0 Å². The number of rotatable bonds is 2. The van der Waals surface area contributed by atoms with Crippen molar-refractivity contribution in [3.8, 4) is 11.1 Å². The number of hydrogen-bond donors (Lipinski definition) is 1. The van der Waals surface area contributed by atoms with Crippen molar-refractivity contribution in [1.29, 1.82) is 0 Å². The molecular weight excluding hydrogens is 194 g/mol. The summed E-state index contributed by atoms with van der Waals surface area (Å²) in [6.45, 7) is 4.27. The molecule has 0 aliphatic carbocycles.